The number of nitrogens with zero attached hydrogens (tertiary/aromatic N) is 2. The number of hydrogen-bond donors (Lipinski definition) is 2. The van der Waals surface area contributed by atoms with E-state index in [4.69, 9.17) is 9.84 Å². The molecule has 0 spiro atoms. The highest BCUT2D eigenvalue weighted by Crippen LogP contribution is 2.23. The predicted molar refractivity (Wildman–Crippen MR) is 77.5 cm³/mol. The first kappa shape index (κ1) is 15.0. The second kappa shape index (κ2) is 6.48. The molecule has 120 valence electrons. The standard InChI is InChI=1S/C15H21N3O4/c19-14(18-7-8-22-13(9-18)15(20)21)6-5-12-10-3-1-2-4-11(10)16-17-12/h13H,1-9H2,(H,16,17)(H,20,21). The fourth-order valence-corrected chi connectivity index (χ4v) is 3.17. The maximum Gasteiger partial charge on any atom is 0.334 e. The quantitative estimate of drug-likeness (QED) is 0.846. The van der Waals surface area contributed by atoms with Crippen LogP contribution < -0.4 is 0 Å². The second-order valence-corrected chi connectivity index (χ2v) is 5.87. The van der Waals surface area contributed by atoms with Crippen LogP contribution in [0.4, 0.5) is 0 Å². The summed E-state index contributed by atoms with van der Waals surface area (Å²) in [6, 6.07) is 0. The average molecular weight is 307 g/mol. The second-order valence-electron chi connectivity index (χ2n) is 5.87. The van der Waals surface area contributed by atoms with E-state index >= 15 is 0 Å². The van der Waals surface area contributed by atoms with Crippen molar-refractivity contribution in [2.24, 2.45) is 0 Å². The summed E-state index contributed by atoms with van der Waals surface area (Å²) in [5.74, 6) is -1.04. The van der Waals surface area contributed by atoms with Crippen LogP contribution in [0, 0.1) is 0 Å². The van der Waals surface area contributed by atoms with Gasteiger partial charge in [0.25, 0.3) is 0 Å². The molecule has 3 rings (SSSR count). The molecule has 2 N–H and O–H groups in total. The SMILES string of the molecule is O=C(O)C1CN(C(=O)CCc2n[nH]c3c2CCCC3)CCO1. The number of aromatic amines is 1. The summed E-state index contributed by atoms with van der Waals surface area (Å²) in [4.78, 5) is 24.8. The van der Waals surface area contributed by atoms with Crippen LogP contribution in [0.1, 0.15) is 36.2 Å². The first-order valence-electron chi connectivity index (χ1n) is 7.82. The third-order valence-electron chi connectivity index (χ3n) is 4.41. The van der Waals surface area contributed by atoms with Crippen LogP contribution >= 0.6 is 0 Å². The van der Waals surface area contributed by atoms with E-state index in [9.17, 15) is 9.59 Å². The lowest BCUT2D eigenvalue weighted by atomic mass is 9.94. The zero-order chi connectivity index (χ0) is 15.5. The van der Waals surface area contributed by atoms with E-state index in [0.717, 1.165) is 18.5 Å². The summed E-state index contributed by atoms with van der Waals surface area (Å²) >= 11 is 0. The maximum absolute atomic E-state index is 12.3. The van der Waals surface area contributed by atoms with Crippen molar-refractivity contribution in [3.63, 3.8) is 0 Å². The number of carbonyl (C=O) groups is 2. The number of carboxylic acid groups (broad SMARTS) is 1. The molecule has 1 unspecified atom stereocenters. The number of aromatic nitrogens is 2. The third kappa shape index (κ3) is 3.14. The Hall–Kier alpha value is -1.89. The van der Waals surface area contributed by atoms with Gasteiger partial charge in [-0.2, -0.15) is 5.10 Å². The van der Waals surface area contributed by atoms with Crippen molar-refractivity contribution in [2.75, 3.05) is 19.7 Å². The van der Waals surface area contributed by atoms with Crippen molar-refractivity contribution >= 4 is 11.9 Å². The molecule has 1 amide bonds. The lowest BCUT2D eigenvalue weighted by Gasteiger charge is -2.30. The number of carboxylic acids is 1. The van der Waals surface area contributed by atoms with Crippen LogP contribution in [-0.2, 0) is 33.6 Å². The molecule has 2 aliphatic rings. The van der Waals surface area contributed by atoms with Crippen molar-refractivity contribution < 1.29 is 19.4 Å². The van der Waals surface area contributed by atoms with Gasteiger partial charge in [0.05, 0.1) is 18.8 Å². The van der Waals surface area contributed by atoms with E-state index in [-0.39, 0.29) is 19.1 Å². The highest BCUT2D eigenvalue weighted by Gasteiger charge is 2.29. The number of H-pyrrole nitrogens is 1. The number of aliphatic carboxylic acids is 1. The molecule has 0 aromatic carbocycles. The first-order valence-corrected chi connectivity index (χ1v) is 7.82. The average Bonchev–Trinajstić information content (AvgIpc) is 2.96. The van der Waals surface area contributed by atoms with Gasteiger partial charge in [-0.15, -0.1) is 0 Å². The number of rotatable bonds is 4. The highest BCUT2D eigenvalue weighted by molar-refractivity contribution is 5.78. The van der Waals surface area contributed by atoms with Crippen LogP contribution in [0.25, 0.3) is 0 Å². The number of carbonyl (C=O) groups excluding carboxylic acids is 1. The zero-order valence-electron chi connectivity index (χ0n) is 12.5. The largest absolute Gasteiger partial charge is 0.479 e. The summed E-state index contributed by atoms with van der Waals surface area (Å²) in [5, 5.41) is 16.4. The van der Waals surface area contributed by atoms with Crippen molar-refractivity contribution in [2.45, 2.75) is 44.6 Å². The number of morpholine rings is 1. The molecule has 1 saturated heterocycles. The van der Waals surface area contributed by atoms with Gasteiger partial charge < -0.3 is 14.7 Å². The van der Waals surface area contributed by atoms with E-state index in [0.29, 0.717) is 19.4 Å². The zero-order valence-corrected chi connectivity index (χ0v) is 12.5. The highest BCUT2D eigenvalue weighted by atomic mass is 16.5. The first-order chi connectivity index (χ1) is 10.6. The van der Waals surface area contributed by atoms with Gasteiger partial charge in [-0.1, -0.05) is 0 Å². The molecule has 22 heavy (non-hydrogen) atoms. The van der Waals surface area contributed by atoms with Crippen molar-refractivity contribution in [3.05, 3.63) is 17.0 Å². The predicted octanol–water partition coefficient (Wildman–Crippen LogP) is 0.533. The molecule has 1 atom stereocenters. The van der Waals surface area contributed by atoms with Crippen LogP contribution in [0.3, 0.4) is 0 Å². The van der Waals surface area contributed by atoms with Gasteiger partial charge in [0.1, 0.15) is 0 Å². The van der Waals surface area contributed by atoms with Crippen LogP contribution in [-0.4, -0.2) is 57.9 Å². The lowest BCUT2D eigenvalue weighted by molar-refractivity contribution is -0.159. The third-order valence-corrected chi connectivity index (χ3v) is 4.41. The van der Waals surface area contributed by atoms with Crippen LogP contribution in [0.15, 0.2) is 0 Å². The van der Waals surface area contributed by atoms with Crippen LogP contribution in [0.2, 0.25) is 0 Å². The van der Waals surface area contributed by atoms with Gasteiger partial charge in [-0.05, 0) is 31.2 Å². The Morgan fingerprint density at radius 3 is 3.00 bits per heavy atom. The minimum atomic E-state index is -1.01. The summed E-state index contributed by atoms with van der Waals surface area (Å²) in [7, 11) is 0. The normalized spacial score (nSPS) is 21.5. The number of amides is 1. The van der Waals surface area contributed by atoms with Gasteiger partial charge in [0, 0.05) is 25.1 Å². The number of hydrogen-bond acceptors (Lipinski definition) is 4. The minimum Gasteiger partial charge on any atom is -0.479 e. The molecular formula is C15H21N3O4. The molecule has 0 saturated carbocycles. The molecule has 1 fully saturated rings. The topological polar surface area (TPSA) is 95.5 Å². The van der Waals surface area contributed by atoms with E-state index in [1.165, 1.54) is 24.1 Å². The number of nitrogens with one attached hydrogen (secondary N) is 1. The summed E-state index contributed by atoms with van der Waals surface area (Å²) in [5.41, 5.74) is 3.49. The number of aryl methyl sites for hydroxylation is 2. The molecular weight excluding hydrogens is 286 g/mol. The summed E-state index contributed by atoms with van der Waals surface area (Å²) < 4.78 is 5.13. The van der Waals surface area contributed by atoms with Gasteiger partial charge in [0.15, 0.2) is 6.10 Å². The van der Waals surface area contributed by atoms with E-state index in [1.807, 2.05) is 0 Å². The van der Waals surface area contributed by atoms with E-state index in [2.05, 4.69) is 10.2 Å². The molecule has 0 radical (unpaired) electrons. The van der Waals surface area contributed by atoms with Crippen molar-refractivity contribution in [1.29, 1.82) is 0 Å². The molecule has 7 nitrogen and oxygen atoms in total. The van der Waals surface area contributed by atoms with Gasteiger partial charge in [-0.3, -0.25) is 9.89 Å². The van der Waals surface area contributed by atoms with Crippen molar-refractivity contribution in [1.82, 2.24) is 15.1 Å². The summed E-state index contributed by atoms with van der Waals surface area (Å²) in [6.45, 7) is 0.870. The van der Waals surface area contributed by atoms with Crippen LogP contribution in [0.5, 0.6) is 0 Å². The van der Waals surface area contributed by atoms with Gasteiger partial charge >= 0.3 is 5.97 Å². The smallest absolute Gasteiger partial charge is 0.334 e. The molecule has 0 bridgehead atoms. The molecule has 1 aromatic heterocycles. The fourth-order valence-electron chi connectivity index (χ4n) is 3.17. The van der Waals surface area contributed by atoms with Gasteiger partial charge in [0.2, 0.25) is 5.91 Å². The lowest BCUT2D eigenvalue weighted by Crippen LogP contribution is -2.48. The molecule has 2 heterocycles. The Balaban J connectivity index is 1.56. The fraction of sp³-hybridized carbons (Fsp3) is 0.667. The Morgan fingerprint density at radius 2 is 2.18 bits per heavy atom. The molecule has 1 aromatic rings. The van der Waals surface area contributed by atoms with Gasteiger partial charge in [-0.25, -0.2) is 4.79 Å². The number of fused-ring (bicyclic) bond motifs is 1. The molecule has 7 heteroatoms. The Labute approximate surface area is 128 Å². The maximum atomic E-state index is 12.3. The number of ether oxygens (including phenoxy) is 1. The van der Waals surface area contributed by atoms with E-state index in [1.54, 1.807) is 4.90 Å². The molecule has 1 aliphatic heterocycles. The Bertz CT molecular complexity index is 569. The Morgan fingerprint density at radius 1 is 1.36 bits per heavy atom. The van der Waals surface area contributed by atoms with Crippen molar-refractivity contribution in [3.8, 4) is 0 Å². The molecule has 1 aliphatic carbocycles. The Kier molecular flexibility index (Phi) is 4.42. The van der Waals surface area contributed by atoms with E-state index < -0.39 is 12.1 Å². The monoisotopic (exact) mass is 307 g/mol. The summed E-state index contributed by atoms with van der Waals surface area (Å²) in [6.07, 6.45) is 4.52. The minimum absolute atomic E-state index is 0.0258.